The third kappa shape index (κ3) is 2.75. The zero-order valence-corrected chi connectivity index (χ0v) is 12.0. The fourth-order valence-corrected chi connectivity index (χ4v) is 3.58. The van der Waals surface area contributed by atoms with Gasteiger partial charge in [-0.05, 0) is 36.6 Å². The molecule has 1 N–H and O–H groups in total. The smallest absolute Gasteiger partial charge is 0.303 e. The number of carboxylic acid groups (broad SMARTS) is 1. The second kappa shape index (κ2) is 5.75. The standard InChI is InChI=1S/C14H17N3O2S/c18-12(19)4-3-10-2-1-6-17(8-10)13-11-5-7-20-14(11)16-9-15-13/h5,7,9-10H,1-4,6,8H2,(H,18,19). The van der Waals surface area contributed by atoms with Crippen LogP contribution in [0.15, 0.2) is 17.8 Å². The van der Waals surface area contributed by atoms with Crippen molar-refractivity contribution in [2.24, 2.45) is 5.92 Å². The number of carboxylic acids is 1. The van der Waals surface area contributed by atoms with E-state index in [0.717, 1.165) is 48.4 Å². The van der Waals surface area contributed by atoms with E-state index < -0.39 is 5.97 Å². The molecule has 0 spiro atoms. The number of fused-ring (bicyclic) bond motifs is 1. The third-order valence-electron chi connectivity index (χ3n) is 3.83. The van der Waals surface area contributed by atoms with Crippen LogP contribution in [0.2, 0.25) is 0 Å². The highest BCUT2D eigenvalue weighted by molar-refractivity contribution is 7.16. The summed E-state index contributed by atoms with van der Waals surface area (Å²) >= 11 is 1.62. The molecule has 1 aliphatic rings. The molecule has 0 amide bonds. The maximum atomic E-state index is 10.7. The summed E-state index contributed by atoms with van der Waals surface area (Å²) in [4.78, 5) is 22.7. The monoisotopic (exact) mass is 291 g/mol. The Labute approximate surface area is 121 Å². The van der Waals surface area contributed by atoms with Gasteiger partial charge in [0.05, 0.1) is 5.39 Å². The molecule has 1 unspecified atom stereocenters. The summed E-state index contributed by atoms with van der Waals surface area (Å²) in [6, 6.07) is 2.07. The van der Waals surface area contributed by atoms with Crippen LogP contribution in [-0.2, 0) is 4.79 Å². The minimum atomic E-state index is -0.704. The zero-order valence-electron chi connectivity index (χ0n) is 11.2. The number of hydrogen-bond acceptors (Lipinski definition) is 5. The van der Waals surface area contributed by atoms with Gasteiger partial charge in [0.15, 0.2) is 0 Å². The highest BCUT2D eigenvalue weighted by Gasteiger charge is 2.23. The molecule has 1 saturated heterocycles. The largest absolute Gasteiger partial charge is 0.481 e. The van der Waals surface area contributed by atoms with Gasteiger partial charge in [-0.2, -0.15) is 0 Å². The highest BCUT2D eigenvalue weighted by atomic mass is 32.1. The van der Waals surface area contributed by atoms with Crippen molar-refractivity contribution >= 4 is 33.3 Å². The van der Waals surface area contributed by atoms with Crippen molar-refractivity contribution < 1.29 is 9.90 Å². The van der Waals surface area contributed by atoms with Crippen LogP contribution in [0.4, 0.5) is 5.82 Å². The van der Waals surface area contributed by atoms with E-state index in [2.05, 4.69) is 20.9 Å². The quantitative estimate of drug-likeness (QED) is 0.938. The first kappa shape index (κ1) is 13.3. The number of hydrogen-bond donors (Lipinski definition) is 1. The Morgan fingerprint density at radius 3 is 3.25 bits per heavy atom. The minimum absolute atomic E-state index is 0.260. The molecule has 1 fully saturated rings. The molecular weight excluding hydrogens is 274 g/mol. The molecule has 1 atom stereocenters. The molecule has 2 aromatic heterocycles. The topological polar surface area (TPSA) is 66.3 Å². The van der Waals surface area contributed by atoms with Gasteiger partial charge in [-0.15, -0.1) is 11.3 Å². The Kier molecular flexibility index (Phi) is 3.82. The molecule has 3 rings (SSSR count). The number of rotatable bonds is 4. The van der Waals surface area contributed by atoms with Gasteiger partial charge in [0, 0.05) is 19.5 Å². The van der Waals surface area contributed by atoms with E-state index in [1.54, 1.807) is 17.7 Å². The molecule has 0 bridgehead atoms. The molecule has 0 saturated carbocycles. The van der Waals surface area contributed by atoms with E-state index in [1.807, 2.05) is 5.38 Å². The second-order valence-electron chi connectivity index (χ2n) is 5.22. The summed E-state index contributed by atoms with van der Waals surface area (Å²) in [5.74, 6) is 0.740. The van der Waals surface area contributed by atoms with Crippen molar-refractivity contribution in [3.63, 3.8) is 0 Å². The number of piperidine rings is 1. The Bertz CT molecular complexity index is 613. The highest BCUT2D eigenvalue weighted by Crippen LogP contribution is 2.30. The normalized spacial score (nSPS) is 19.4. The van der Waals surface area contributed by atoms with Crippen LogP contribution >= 0.6 is 11.3 Å². The van der Waals surface area contributed by atoms with Crippen molar-refractivity contribution in [3.05, 3.63) is 17.8 Å². The molecule has 0 radical (unpaired) electrons. The van der Waals surface area contributed by atoms with E-state index in [1.165, 1.54) is 0 Å². The van der Waals surface area contributed by atoms with Gasteiger partial charge in [-0.25, -0.2) is 9.97 Å². The first-order valence-electron chi connectivity index (χ1n) is 6.89. The van der Waals surface area contributed by atoms with Crippen LogP contribution < -0.4 is 4.90 Å². The van der Waals surface area contributed by atoms with Crippen molar-refractivity contribution in [1.29, 1.82) is 0 Å². The number of anilines is 1. The zero-order chi connectivity index (χ0) is 13.9. The van der Waals surface area contributed by atoms with Crippen LogP contribution in [0.3, 0.4) is 0 Å². The summed E-state index contributed by atoms with van der Waals surface area (Å²) in [7, 11) is 0. The van der Waals surface area contributed by atoms with Crippen LogP contribution in [0.5, 0.6) is 0 Å². The summed E-state index contributed by atoms with van der Waals surface area (Å²) in [5.41, 5.74) is 0. The van der Waals surface area contributed by atoms with E-state index in [-0.39, 0.29) is 6.42 Å². The maximum Gasteiger partial charge on any atom is 0.303 e. The number of carbonyl (C=O) groups is 1. The van der Waals surface area contributed by atoms with Gasteiger partial charge in [-0.3, -0.25) is 4.79 Å². The van der Waals surface area contributed by atoms with Gasteiger partial charge in [-0.1, -0.05) is 0 Å². The Morgan fingerprint density at radius 2 is 2.40 bits per heavy atom. The van der Waals surface area contributed by atoms with Gasteiger partial charge >= 0.3 is 5.97 Å². The minimum Gasteiger partial charge on any atom is -0.481 e. The van der Waals surface area contributed by atoms with Gasteiger partial charge < -0.3 is 10.0 Å². The first-order chi connectivity index (χ1) is 9.74. The van der Waals surface area contributed by atoms with Crippen LogP contribution in [-0.4, -0.2) is 34.1 Å². The molecule has 20 heavy (non-hydrogen) atoms. The molecule has 2 aromatic rings. The summed E-state index contributed by atoms with van der Waals surface area (Å²) in [6.45, 7) is 1.89. The molecule has 6 heteroatoms. The van der Waals surface area contributed by atoms with Gasteiger partial charge in [0.25, 0.3) is 0 Å². The summed E-state index contributed by atoms with van der Waals surface area (Å²) in [5, 5.41) is 12.0. The maximum absolute atomic E-state index is 10.7. The van der Waals surface area contributed by atoms with Crippen LogP contribution in [0.1, 0.15) is 25.7 Å². The Morgan fingerprint density at radius 1 is 1.50 bits per heavy atom. The summed E-state index contributed by atoms with van der Waals surface area (Å²) in [6.07, 6.45) is 4.84. The van der Waals surface area contributed by atoms with Crippen molar-refractivity contribution in [3.8, 4) is 0 Å². The lowest BCUT2D eigenvalue weighted by Crippen LogP contribution is -2.36. The molecule has 3 heterocycles. The van der Waals surface area contributed by atoms with Crippen molar-refractivity contribution in [1.82, 2.24) is 9.97 Å². The Hall–Kier alpha value is -1.69. The SMILES string of the molecule is O=C(O)CCC1CCCN(c2ncnc3sccc23)C1. The summed E-state index contributed by atoms with van der Waals surface area (Å²) < 4.78 is 0. The number of thiophene rings is 1. The Balaban J connectivity index is 1.76. The van der Waals surface area contributed by atoms with Crippen LogP contribution in [0, 0.1) is 5.92 Å². The van der Waals surface area contributed by atoms with E-state index >= 15 is 0 Å². The lowest BCUT2D eigenvalue weighted by molar-refractivity contribution is -0.137. The van der Waals surface area contributed by atoms with Crippen LogP contribution in [0.25, 0.3) is 10.2 Å². The second-order valence-corrected chi connectivity index (χ2v) is 6.12. The lowest BCUT2D eigenvalue weighted by atomic mass is 9.93. The molecular formula is C14H17N3O2S. The third-order valence-corrected chi connectivity index (χ3v) is 4.65. The predicted octanol–water partition coefficient (Wildman–Crippen LogP) is 2.77. The van der Waals surface area contributed by atoms with E-state index in [0.29, 0.717) is 5.92 Å². The van der Waals surface area contributed by atoms with Crippen molar-refractivity contribution in [2.45, 2.75) is 25.7 Å². The fourth-order valence-electron chi connectivity index (χ4n) is 2.85. The molecule has 5 nitrogen and oxygen atoms in total. The van der Waals surface area contributed by atoms with E-state index in [4.69, 9.17) is 5.11 Å². The molecule has 1 aliphatic heterocycles. The average molecular weight is 291 g/mol. The fraction of sp³-hybridized carbons (Fsp3) is 0.500. The number of aromatic nitrogens is 2. The molecule has 106 valence electrons. The molecule has 0 aromatic carbocycles. The first-order valence-corrected chi connectivity index (χ1v) is 7.77. The predicted molar refractivity (Wildman–Crippen MR) is 79.2 cm³/mol. The van der Waals surface area contributed by atoms with Gasteiger partial charge in [0.1, 0.15) is 17.0 Å². The number of aliphatic carboxylic acids is 1. The van der Waals surface area contributed by atoms with Gasteiger partial charge in [0.2, 0.25) is 0 Å². The lowest BCUT2D eigenvalue weighted by Gasteiger charge is -2.33. The average Bonchev–Trinajstić information content (AvgIpc) is 2.93. The number of nitrogens with zero attached hydrogens (tertiary/aromatic N) is 3. The van der Waals surface area contributed by atoms with E-state index in [9.17, 15) is 4.79 Å². The van der Waals surface area contributed by atoms with Crippen molar-refractivity contribution in [2.75, 3.05) is 18.0 Å². The molecule has 0 aliphatic carbocycles.